The molecule has 1 fully saturated rings. The molecule has 1 aliphatic heterocycles. The summed E-state index contributed by atoms with van der Waals surface area (Å²) < 4.78 is 14.5. The van der Waals surface area contributed by atoms with Gasteiger partial charge < -0.3 is 4.90 Å². The molecule has 0 N–H and O–H groups in total. The predicted octanol–water partition coefficient (Wildman–Crippen LogP) is 4.80. The van der Waals surface area contributed by atoms with Crippen molar-refractivity contribution in [2.45, 2.75) is 19.8 Å². The molecule has 116 valence electrons. The molecular formula is C20H19FN2. The van der Waals surface area contributed by atoms with Crippen LogP contribution < -0.4 is 4.90 Å². The normalized spacial score (nSPS) is 14.8. The Morgan fingerprint density at radius 1 is 1.17 bits per heavy atom. The van der Waals surface area contributed by atoms with Crippen molar-refractivity contribution in [3.63, 3.8) is 0 Å². The number of rotatable bonds is 3. The van der Waals surface area contributed by atoms with E-state index in [1.807, 2.05) is 43.3 Å². The molecule has 3 heteroatoms. The summed E-state index contributed by atoms with van der Waals surface area (Å²) in [5.74, 6) is -0.214. The van der Waals surface area contributed by atoms with Crippen molar-refractivity contribution >= 4 is 17.3 Å². The molecule has 0 saturated carbocycles. The van der Waals surface area contributed by atoms with Crippen LogP contribution in [-0.4, -0.2) is 13.1 Å². The number of allylic oxidation sites excluding steroid dienone is 1. The molecule has 1 aliphatic rings. The van der Waals surface area contributed by atoms with Gasteiger partial charge in [-0.05, 0) is 54.7 Å². The van der Waals surface area contributed by atoms with E-state index in [4.69, 9.17) is 0 Å². The summed E-state index contributed by atoms with van der Waals surface area (Å²) in [5.41, 5.74) is 3.80. The van der Waals surface area contributed by atoms with Crippen LogP contribution in [0.2, 0.25) is 0 Å². The molecule has 0 bridgehead atoms. The topological polar surface area (TPSA) is 27.0 Å². The average molecular weight is 306 g/mol. The smallest absolute Gasteiger partial charge is 0.147 e. The minimum atomic E-state index is -0.214. The number of nitriles is 1. The quantitative estimate of drug-likeness (QED) is 0.601. The maximum Gasteiger partial charge on any atom is 0.147 e. The Bertz CT molecular complexity index is 766. The first-order chi connectivity index (χ1) is 11.2. The van der Waals surface area contributed by atoms with Gasteiger partial charge in [0.1, 0.15) is 5.82 Å². The summed E-state index contributed by atoms with van der Waals surface area (Å²) in [6.45, 7) is 3.79. The Balaban J connectivity index is 1.98. The third-order valence-electron chi connectivity index (χ3n) is 4.29. The highest BCUT2D eigenvalue weighted by Crippen LogP contribution is 2.28. The van der Waals surface area contributed by atoms with Gasteiger partial charge in [-0.15, -0.1) is 0 Å². The van der Waals surface area contributed by atoms with E-state index in [0.717, 1.165) is 42.6 Å². The van der Waals surface area contributed by atoms with Gasteiger partial charge in [-0.2, -0.15) is 5.26 Å². The number of aryl methyl sites for hydroxylation is 1. The Morgan fingerprint density at radius 2 is 1.87 bits per heavy atom. The molecule has 0 aliphatic carbocycles. The summed E-state index contributed by atoms with van der Waals surface area (Å²) in [4.78, 5) is 2.10. The van der Waals surface area contributed by atoms with Crippen molar-refractivity contribution in [3.8, 4) is 6.07 Å². The van der Waals surface area contributed by atoms with Gasteiger partial charge in [0.15, 0.2) is 0 Å². The van der Waals surface area contributed by atoms with Gasteiger partial charge in [0.05, 0.1) is 17.3 Å². The Kier molecular flexibility index (Phi) is 4.43. The number of halogens is 1. The van der Waals surface area contributed by atoms with Gasteiger partial charge >= 0.3 is 0 Å². The lowest BCUT2D eigenvalue weighted by Gasteiger charge is -2.19. The van der Waals surface area contributed by atoms with E-state index < -0.39 is 0 Å². The molecular weight excluding hydrogens is 287 g/mol. The molecule has 1 heterocycles. The van der Waals surface area contributed by atoms with Gasteiger partial charge in [0.2, 0.25) is 0 Å². The summed E-state index contributed by atoms with van der Waals surface area (Å²) >= 11 is 0. The SMILES string of the molecule is Cc1cc(N2CCCC2)c(F)cc1/C=C(\C#N)c1ccccc1. The highest BCUT2D eigenvalue weighted by Gasteiger charge is 2.17. The van der Waals surface area contributed by atoms with Crippen molar-refractivity contribution in [3.05, 3.63) is 65.0 Å². The van der Waals surface area contributed by atoms with Crippen molar-refractivity contribution in [2.75, 3.05) is 18.0 Å². The van der Waals surface area contributed by atoms with Crippen LogP contribution in [-0.2, 0) is 0 Å². The van der Waals surface area contributed by atoms with Crippen molar-refractivity contribution in [1.29, 1.82) is 5.26 Å². The van der Waals surface area contributed by atoms with Gasteiger partial charge in [0, 0.05) is 13.1 Å². The second kappa shape index (κ2) is 6.66. The second-order valence-corrected chi connectivity index (χ2v) is 5.89. The molecule has 1 saturated heterocycles. The molecule has 0 atom stereocenters. The standard InChI is InChI=1S/C20H19FN2/c1-15-11-20(23-9-5-6-10-23)19(21)13-17(15)12-18(14-22)16-7-3-2-4-8-16/h2-4,7-8,11-13H,5-6,9-10H2,1H3/b18-12+. The highest BCUT2D eigenvalue weighted by molar-refractivity contribution is 5.90. The van der Waals surface area contributed by atoms with E-state index in [1.165, 1.54) is 0 Å². The van der Waals surface area contributed by atoms with E-state index in [0.29, 0.717) is 11.3 Å². The van der Waals surface area contributed by atoms with E-state index in [1.54, 1.807) is 12.1 Å². The third-order valence-corrected chi connectivity index (χ3v) is 4.29. The van der Waals surface area contributed by atoms with Crippen LogP contribution in [0.4, 0.5) is 10.1 Å². The molecule has 0 amide bonds. The summed E-state index contributed by atoms with van der Waals surface area (Å²) in [6.07, 6.45) is 4.00. The molecule has 0 aromatic heterocycles. The molecule has 2 aromatic carbocycles. The molecule has 3 rings (SSSR count). The number of hydrogen-bond donors (Lipinski definition) is 0. The van der Waals surface area contributed by atoms with Crippen LogP contribution in [0, 0.1) is 24.1 Å². The molecule has 2 nitrogen and oxygen atoms in total. The van der Waals surface area contributed by atoms with Crippen LogP contribution in [0.5, 0.6) is 0 Å². The zero-order valence-electron chi connectivity index (χ0n) is 13.2. The van der Waals surface area contributed by atoms with Crippen LogP contribution in [0.1, 0.15) is 29.5 Å². The largest absolute Gasteiger partial charge is 0.369 e. The second-order valence-electron chi connectivity index (χ2n) is 5.89. The highest BCUT2D eigenvalue weighted by atomic mass is 19.1. The van der Waals surface area contributed by atoms with E-state index in [-0.39, 0.29) is 5.82 Å². The number of benzene rings is 2. The summed E-state index contributed by atoms with van der Waals surface area (Å²) in [5, 5.41) is 9.41. The fourth-order valence-electron chi connectivity index (χ4n) is 2.99. The molecule has 2 aromatic rings. The maximum atomic E-state index is 14.5. The lowest BCUT2D eigenvalue weighted by atomic mass is 10.0. The van der Waals surface area contributed by atoms with Crippen molar-refractivity contribution < 1.29 is 4.39 Å². The van der Waals surface area contributed by atoms with Crippen LogP contribution >= 0.6 is 0 Å². The Morgan fingerprint density at radius 3 is 2.52 bits per heavy atom. The first kappa shape index (κ1) is 15.3. The zero-order valence-corrected chi connectivity index (χ0v) is 13.2. The molecule has 0 radical (unpaired) electrons. The van der Waals surface area contributed by atoms with Gasteiger partial charge in [-0.25, -0.2) is 4.39 Å². The Hall–Kier alpha value is -2.60. The molecule has 0 unspecified atom stereocenters. The summed E-state index contributed by atoms with van der Waals surface area (Å²) in [6, 6.07) is 15.1. The van der Waals surface area contributed by atoms with Gasteiger partial charge in [0.25, 0.3) is 0 Å². The average Bonchev–Trinajstić information content (AvgIpc) is 3.10. The first-order valence-electron chi connectivity index (χ1n) is 7.91. The van der Waals surface area contributed by atoms with Crippen LogP contribution in [0.3, 0.4) is 0 Å². The first-order valence-corrected chi connectivity index (χ1v) is 7.91. The Labute approximate surface area is 136 Å². The number of anilines is 1. The minimum absolute atomic E-state index is 0.214. The van der Waals surface area contributed by atoms with Crippen LogP contribution in [0.15, 0.2) is 42.5 Å². The molecule has 23 heavy (non-hydrogen) atoms. The molecule has 0 spiro atoms. The van der Waals surface area contributed by atoms with Crippen molar-refractivity contribution in [1.82, 2.24) is 0 Å². The van der Waals surface area contributed by atoms with Gasteiger partial charge in [-0.3, -0.25) is 0 Å². The fraction of sp³-hybridized carbons (Fsp3) is 0.250. The van der Waals surface area contributed by atoms with Gasteiger partial charge in [-0.1, -0.05) is 30.3 Å². The summed E-state index contributed by atoms with van der Waals surface area (Å²) in [7, 11) is 0. The predicted molar refractivity (Wildman–Crippen MR) is 92.5 cm³/mol. The van der Waals surface area contributed by atoms with E-state index >= 15 is 0 Å². The lowest BCUT2D eigenvalue weighted by molar-refractivity contribution is 0.622. The third kappa shape index (κ3) is 3.27. The number of hydrogen-bond acceptors (Lipinski definition) is 2. The lowest BCUT2D eigenvalue weighted by Crippen LogP contribution is -2.19. The van der Waals surface area contributed by atoms with Crippen LogP contribution in [0.25, 0.3) is 11.6 Å². The number of nitrogens with zero attached hydrogens (tertiary/aromatic N) is 2. The monoisotopic (exact) mass is 306 g/mol. The van der Waals surface area contributed by atoms with E-state index in [9.17, 15) is 9.65 Å². The van der Waals surface area contributed by atoms with Crippen molar-refractivity contribution in [2.24, 2.45) is 0 Å². The fourth-order valence-corrected chi connectivity index (χ4v) is 2.99. The maximum absolute atomic E-state index is 14.5. The zero-order chi connectivity index (χ0) is 16.2. The van der Waals surface area contributed by atoms with E-state index in [2.05, 4.69) is 11.0 Å². The minimum Gasteiger partial charge on any atom is -0.369 e.